The molecule has 3 N–H and O–H groups in total. The number of benzene rings is 2. The number of halogens is 1. The highest BCUT2D eigenvalue weighted by Gasteiger charge is 2.31. The molecule has 218 valence electrons. The number of nitrogens with two attached hydrogens (primary N) is 1. The molecule has 2 aliphatic rings. The minimum Gasteiger partial charge on any atom is -0.491 e. The summed E-state index contributed by atoms with van der Waals surface area (Å²) in [5, 5.41) is 10.6. The second-order valence-electron chi connectivity index (χ2n) is 9.82. The standard InChI is InChI=1S/C19H22N2O4.C12H9FN2O2/c1-14(22)21-10-8-19(24,9-11-21)7-5-15-3-4-17-16(13-15)20(2)18(23)6-12-25-17;13-8-1-3-9(4-2-8)17-10-5-6-15-11(7-10)12(14)16/h3-4,13,24H,6,8-12H2,1-2H3;1-7H,(H2,14,16). The molecule has 1 aromatic heterocycles. The minimum atomic E-state index is -1.09. The van der Waals surface area contributed by atoms with Crippen molar-refractivity contribution in [3.8, 4) is 29.1 Å². The van der Waals surface area contributed by atoms with Gasteiger partial charge in [-0.1, -0.05) is 11.8 Å². The van der Waals surface area contributed by atoms with Crippen LogP contribution in [0.1, 0.15) is 42.2 Å². The lowest BCUT2D eigenvalue weighted by molar-refractivity contribution is -0.131. The molecule has 1 saturated heterocycles. The number of rotatable bonds is 3. The fourth-order valence-corrected chi connectivity index (χ4v) is 4.28. The van der Waals surface area contributed by atoms with Gasteiger partial charge < -0.3 is 30.1 Å². The minimum absolute atomic E-state index is 0.000840. The smallest absolute Gasteiger partial charge is 0.267 e. The van der Waals surface area contributed by atoms with E-state index >= 15 is 0 Å². The quantitative estimate of drug-likeness (QED) is 0.459. The maximum Gasteiger partial charge on any atom is 0.267 e. The number of hydrogen-bond donors (Lipinski definition) is 2. The van der Waals surface area contributed by atoms with Crippen molar-refractivity contribution >= 4 is 23.4 Å². The van der Waals surface area contributed by atoms with E-state index in [1.807, 2.05) is 6.07 Å². The number of primary amides is 1. The van der Waals surface area contributed by atoms with E-state index in [9.17, 15) is 23.9 Å². The van der Waals surface area contributed by atoms with E-state index in [0.717, 1.165) is 0 Å². The number of hydrogen-bond acceptors (Lipinski definition) is 7. The first-order chi connectivity index (χ1) is 20.0. The van der Waals surface area contributed by atoms with Crippen molar-refractivity contribution in [3.63, 3.8) is 0 Å². The van der Waals surface area contributed by atoms with Crippen molar-refractivity contribution in [2.24, 2.45) is 5.73 Å². The Morgan fingerprint density at radius 2 is 1.81 bits per heavy atom. The van der Waals surface area contributed by atoms with Crippen LogP contribution in [0.5, 0.6) is 17.2 Å². The Morgan fingerprint density at radius 3 is 2.48 bits per heavy atom. The molecular weight excluding hydrogens is 543 g/mol. The van der Waals surface area contributed by atoms with Gasteiger partial charge in [0.05, 0.1) is 18.7 Å². The summed E-state index contributed by atoms with van der Waals surface area (Å²) >= 11 is 0. The van der Waals surface area contributed by atoms with E-state index in [2.05, 4.69) is 16.8 Å². The Bertz CT molecular complexity index is 1520. The van der Waals surface area contributed by atoms with Crippen LogP contribution in [0.15, 0.2) is 60.8 Å². The highest BCUT2D eigenvalue weighted by Crippen LogP contribution is 2.31. The highest BCUT2D eigenvalue weighted by atomic mass is 19.1. The van der Waals surface area contributed by atoms with Gasteiger partial charge in [0.15, 0.2) is 0 Å². The van der Waals surface area contributed by atoms with Gasteiger partial charge in [0, 0.05) is 57.7 Å². The topological polar surface area (TPSA) is 135 Å². The van der Waals surface area contributed by atoms with Crippen LogP contribution >= 0.6 is 0 Å². The third-order valence-corrected chi connectivity index (χ3v) is 6.78. The highest BCUT2D eigenvalue weighted by molar-refractivity contribution is 5.95. The Morgan fingerprint density at radius 1 is 1.10 bits per heavy atom. The average Bonchev–Trinajstić information content (AvgIpc) is 3.11. The van der Waals surface area contributed by atoms with Gasteiger partial charge in [-0.05, 0) is 48.5 Å². The van der Waals surface area contributed by atoms with Crippen molar-refractivity contribution < 1.29 is 33.4 Å². The molecule has 10 nitrogen and oxygen atoms in total. The number of fused-ring (bicyclic) bond motifs is 1. The fraction of sp³-hybridized carbons (Fsp3) is 0.290. The molecule has 0 atom stereocenters. The number of aliphatic hydroxyl groups is 1. The van der Waals surface area contributed by atoms with Crippen molar-refractivity contribution in [1.29, 1.82) is 0 Å². The molecule has 3 heterocycles. The molecular formula is C31H31FN4O6. The van der Waals surface area contributed by atoms with Crippen molar-refractivity contribution in [1.82, 2.24) is 9.88 Å². The van der Waals surface area contributed by atoms with E-state index in [-0.39, 0.29) is 23.3 Å². The first-order valence-corrected chi connectivity index (χ1v) is 13.3. The summed E-state index contributed by atoms with van der Waals surface area (Å²) in [4.78, 5) is 41.3. The second-order valence-corrected chi connectivity index (χ2v) is 9.82. The molecule has 0 saturated carbocycles. The van der Waals surface area contributed by atoms with Gasteiger partial charge in [0.25, 0.3) is 5.91 Å². The van der Waals surface area contributed by atoms with E-state index in [1.165, 1.54) is 43.5 Å². The van der Waals surface area contributed by atoms with Crippen LogP contribution in [0.3, 0.4) is 0 Å². The largest absolute Gasteiger partial charge is 0.491 e. The van der Waals surface area contributed by atoms with Crippen LogP contribution in [0.4, 0.5) is 10.1 Å². The molecule has 2 aliphatic heterocycles. The Hall–Kier alpha value is -4.95. The zero-order valence-electron chi connectivity index (χ0n) is 23.3. The molecule has 3 aromatic rings. The summed E-state index contributed by atoms with van der Waals surface area (Å²) in [7, 11) is 1.72. The monoisotopic (exact) mass is 574 g/mol. The maximum absolute atomic E-state index is 12.7. The molecule has 0 radical (unpaired) electrons. The fourth-order valence-electron chi connectivity index (χ4n) is 4.28. The lowest BCUT2D eigenvalue weighted by Gasteiger charge is -2.34. The zero-order chi connectivity index (χ0) is 30.3. The van der Waals surface area contributed by atoms with Crippen LogP contribution in [0, 0.1) is 17.7 Å². The number of ether oxygens (including phenoxy) is 2. The Kier molecular flexibility index (Phi) is 9.39. The Labute approximate surface area is 242 Å². The van der Waals surface area contributed by atoms with Gasteiger partial charge in [-0.25, -0.2) is 4.39 Å². The van der Waals surface area contributed by atoms with Gasteiger partial charge >= 0.3 is 0 Å². The number of likely N-dealkylation sites (tertiary alicyclic amines) is 1. The summed E-state index contributed by atoms with van der Waals surface area (Å²) in [5.41, 5.74) is 5.52. The Balaban J connectivity index is 0.000000208. The summed E-state index contributed by atoms with van der Waals surface area (Å²) in [6.07, 6.45) is 2.63. The van der Waals surface area contributed by atoms with Crippen molar-refractivity contribution in [2.45, 2.75) is 31.8 Å². The first kappa shape index (κ1) is 30.0. The number of carbonyl (C=O) groups excluding carboxylic acids is 3. The van der Waals surface area contributed by atoms with E-state index in [1.54, 1.807) is 35.0 Å². The number of piperidine rings is 1. The van der Waals surface area contributed by atoms with Gasteiger partial charge in [0.2, 0.25) is 11.8 Å². The summed E-state index contributed by atoms with van der Waals surface area (Å²) in [6, 6.07) is 14.0. The third kappa shape index (κ3) is 7.83. The molecule has 5 rings (SSSR count). The van der Waals surface area contributed by atoms with Crippen LogP contribution in [-0.4, -0.2) is 65.1 Å². The number of anilines is 1. The van der Waals surface area contributed by atoms with Gasteiger partial charge in [-0.2, -0.15) is 0 Å². The molecule has 0 unspecified atom stereocenters. The van der Waals surface area contributed by atoms with Crippen molar-refractivity contribution in [3.05, 3.63) is 77.9 Å². The van der Waals surface area contributed by atoms with Crippen molar-refractivity contribution in [2.75, 3.05) is 31.6 Å². The molecule has 11 heteroatoms. The summed E-state index contributed by atoms with van der Waals surface area (Å²) in [5.74, 6) is 6.54. The van der Waals surface area contributed by atoms with Crippen LogP contribution in [0.2, 0.25) is 0 Å². The molecule has 0 bridgehead atoms. The van der Waals surface area contributed by atoms with E-state index in [0.29, 0.717) is 67.5 Å². The molecule has 42 heavy (non-hydrogen) atoms. The molecule has 0 spiro atoms. The number of carbonyl (C=O) groups is 3. The van der Waals surface area contributed by atoms with Crippen LogP contribution in [-0.2, 0) is 9.59 Å². The zero-order valence-corrected chi connectivity index (χ0v) is 23.3. The molecule has 3 amide bonds. The SMILES string of the molecule is CC(=O)N1CCC(O)(C#Cc2ccc3c(c2)N(C)C(=O)CCO3)CC1.NC(=O)c1cc(Oc2ccc(F)cc2)ccn1. The van der Waals surface area contributed by atoms with Gasteiger partial charge in [0.1, 0.15) is 34.4 Å². The molecule has 0 aliphatic carbocycles. The molecule has 1 fully saturated rings. The number of nitrogens with zero attached hydrogens (tertiary/aromatic N) is 3. The van der Waals surface area contributed by atoms with E-state index in [4.69, 9.17) is 15.2 Å². The normalized spacial score (nSPS) is 15.5. The third-order valence-electron chi connectivity index (χ3n) is 6.78. The predicted molar refractivity (Wildman–Crippen MR) is 153 cm³/mol. The van der Waals surface area contributed by atoms with Crippen LogP contribution in [0.25, 0.3) is 0 Å². The molecule has 2 aromatic carbocycles. The van der Waals surface area contributed by atoms with E-state index < -0.39 is 11.5 Å². The lowest BCUT2D eigenvalue weighted by Crippen LogP contribution is -2.45. The first-order valence-electron chi connectivity index (χ1n) is 13.3. The number of aromatic nitrogens is 1. The van der Waals surface area contributed by atoms with Gasteiger partial charge in [-0.3, -0.25) is 19.4 Å². The number of pyridine rings is 1. The number of amides is 3. The predicted octanol–water partition coefficient (Wildman–Crippen LogP) is 3.27. The maximum atomic E-state index is 12.7. The average molecular weight is 575 g/mol. The summed E-state index contributed by atoms with van der Waals surface area (Å²) < 4.78 is 23.7. The second kappa shape index (κ2) is 13.1. The summed E-state index contributed by atoms with van der Waals surface area (Å²) in [6.45, 7) is 2.92. The van der Waals surface area contributed by atoms with Gasteiger partial charge in [-0.15, -0.1) is 0 Å². The van der Waals surface area contributed by atoms with Crippen LogP contribution < -0.4 is 20.1 Å². The lowest BCUT2D eigenvalue weighted by atomic mass is 9.91.